The normalized spacial score (nSPS) is 16.9. The Morgan fingerprint density at radius 2 is 1.47 bits per heavy atom. The van der Waals surface area contributed by atoms with Crippen LogP contribution in [0.1, 0.15) is 153 Å². The molecule has 7 aromatic heterocycles. The number of hydrogen-bond donors (Lipinski definition) is 9. The molecule has 5 atom stereocenters. The molecule has 1 aromatic carbocycles. The minimum absolute atomic E-state index is 0.00125. The summed E-state index contributed by atoms with van der Waals surface area (Å²) in [5, 5.41) is 57.8. The molecule has 0 fully saturated rings. The number of amides is 5. The lowest BCUT2D eigenvalue weighted by atomic mass is 9.80. The fraction of sp³-hybridized carbons (Fsp3) is 0.397. The number of anilines is 1. The maximum atomic E-state index is 14.4. The molecule has 23 nitrogen and oxygen atoms in total. The Balaban J connectivity index is 1.10. The van der Waals surface area contributed by atoms with E-state index >= 15 is 0 Å². The number of nitrogens with one attached hydrogen (secondary N) is 6. The van der Waals surface area contributed by atoms with Gasteiger partial charge < -0.3 is 52.0 Å². The van der Waals surface area contributed by atoms with Gasteiger partial charge in [-0.15, -0.1) is 68.0 Å². The third-order valence-electron chi connectivity index (χ3n) is 14.5. The van der Waals surface area contributed by atoms with Crippen molar-refractivity contribution in [1.29, 1.82) is 0 Å². The second-order valence-electron chi connectivity index (χ2n) is 22.2. The van der Waals surface area contributed by atoms with Crippen LogP contribution in [0.2, 0.25) is 0 Å². The highest BCUT2D eigenvalue weighted by Gasteiger charge is 2.35. The van der Waals surface area contributed by atoms with Crippen LogP contribution in [0.15, 0.2) is 64.8 Å². The van der Waals surface area contributed by atoms with Gasteiger partial charge in [0, 0.05) is 52.4 Å². The number of carboxylic acids is 1. The lowest BCUT2D eigenvalue weighted by Gasteiger charge is -2.32. The number of aliphatic hydroxyl groups excluding tert-OH is 2. The first-order chi connectivity index (χ1) is 41.4. The van der Waals surface area contributed by atoms with Crippen molar-refractivity contribution in [2.45, 2.75) is 111 Å². The average Bonchev–Trinajstić information content (AvgIpc) is 1.97. The van der Waals surface area contributed by atoms with Crippen molar-refractivity contribution in [2.24, 2.45) is 16.7 Å². The van der Waals surface area contributed by atoms with Crippen molar-refractivity contribution in [3.8, 4) is 42.5 Å². The maximum absolute atomic E-state index is 14.4. The number of aromatic nitrogens is 7. The van der Waals surface area contributed by atoms with E-state index < -0.39 is 83.3 Å². The van der Waals surface area contributed by atoms with Crippen LogP contribution in [0.4, 0.5) is 5.82 Å². The van der Waals surface area contributed by atoms with Crippen molar-refractivity contribution < 1.29 is 48.8 Å². The highest BCUT2D eigenvalue weighted by atomic mass is 32.1. The zero-order valence-corrected chi connectivity index (χ0v) is 53.7. The van der Waals surface area contributed by atoms with Gasteiger partial charge in [0.25, 0.3) is 17.7 Å². The number of ether oxygens (including phenoxy) is 1. The van der Waals surface area contributed by atoms with E-state index in [1.165, 1.54) is 70.8 Å². The van der Waals surface area contributed by atoms with E-state index in [0.717, 1.165) is 11.3 Å². The summed E-state index contributed by atoms with van der Waals surface area (Å²) < 4.78 is 5.46. The summed E-state index contributed by atoms with van der Waals surface area (Å²) in [5.41, 5.74) is 0.925. The van der Waals surface area contributed by atoms with Gasteiger partial charge in [-0.1, -0.05) is 64.4 Å². The molecule has 9 N–H and O–H groups in total. The van der Waals surface area contributed by atoms with Gasteiger partial charge in [0.05, 0.1) is 58.2 Å². The maximum Gasteiger partial charge on any atom is 0.309 e. The molecule has 0 saturated heterocycles. The lowest BCUT2D eigenvalue weighted by Crippen LogP contribution is -2.40. The second kappa shape index (κ2) is 27.4. The zero-order chi connectivity index (χ0) is 62.5. The van der Waals surface area contributed by atoms with Crippen LogP contribution in [0, 0.1) is 23.7 Å². The van der Waals surface area contributed by atoms with E-state index in [2.05, 4.69) is 31.9 Å². The van der Waals surface area contributed by atoms with E-state index in [4.69, 9.17) is 39.6 Å². The summed E-state index contributed by atoms with van der Waals surface area (Å²) in [4.78, 5) is 117. The number of thiazole rings is 6. The van der Waals surface area contributed by atoms with Crippen LogP contribution in [0.25, 0.3) is 42.5 Å². The minimum Gasteiger partial charge on any atom is -0.481 e. The van der Waals surface area contributed by atoms with Gasteiger partial charge >= 0.3 is 5.97 Å². The van der Waals surface area contributed by atoms with Gasteiger partial charge in [0.15, 0.2) is 0 Å². The van der Waals surface area contributed by atoms with Gasteiger partial charge in [-0.25, -0.2) is 34.9 Å². The van der Waals surface area contributed by atoms with Gasteiger partial charge in [-0.05, 0) is 57.2 Å². The molecule has 5 amide bonds. The summed E-state index contributed by atoms with van der Waals surface area (Å²) >= 11 is 7.26. The van der Waals surface area contributed by atoms with Crippen LogP contribution in [0.5, 0.6) is 0 Å². The standard InChI is InChI=1S/C58H65N13O10S6/c1-27(2)40-54-71-43(36(87-54)23-81-9)47(76)60-22-39(73)68-44(45(74)29-14-11-10-12-15-29)53-65-34(25-83-53)50-61-21-35(86-50)42-30(16-17-31(62-42)51-66-37(26-84-51)67-55(78)57(4,5)18-13-19-58(6,7)56(79)80)49-64-33(24-82-49)46(75)63-32(20-38(72)59-8)52-70-41(28(3)85-52)48(77)69-40/h10-12,14-17,21,24-27,32,40,44-45,55,67,74,78H,13,18-20,22-23H2,1-9H3,(H,59,72)(H,60,76)(H,63,75)(H,68,73)(H,69,77)(H,79,80)/t32-,40-,44-,45-,55?/m0/s1. The number of carbonyl (C=O) groups excluding carboxylic acids is 5. The third kappa shape index (κ3) is 15.0. The summed E-state index contributed by atoms with van der Waals surface area (Å²) in [6.45, 7) is 12.1. The quantitative estimate of drug-likeness (QED) is 0.0407. The first-order valence-electron chi connectivity index (χ1n) is 27.5. The molecule has 1 unspecified atom stereocenters. The molecule has 8 aromatic rings. The number of carboxylic acid groups (broad SMARTS) is 1. The van der Waals surface area contributed by atoms with Gasteiger partial charge in [-0.3, -0.25) is 28.8 Å². The molecular weight excluding hydrogens is 1230 g/mol. The molecule has 1 aliphatic heterocycles. The molecule has 8 heterocycles. The van der Waals surface area contributed by atoms with Crippen molar-refractivity contribution >= 4 is 109 Å². The summed E-state index contributed by atoms with van der Waals surface area (Å²) in [7, 11) is 2.95. The van der Waals surface area contributed by atoms with Crippen LogP contribution >= 0.6 is 68.0 Å². The van der Waals surface area contributed by atoms with Crippen LogP contribution in [0.3, 0.4) is 0 Å². The molecule has 87 heavy (non-hydrogen) atoms. The van der Waals surface area contributed by atoms with E-state index in [9.17, 15) is 44.1 Å². The van der Waals surface area contributed by atoms with Crippen molar-refractivity contribution in [3.05, 3.63) is 112 Å². The minimum atomic E-state index is -1.28. The molecule has 0 saturated carbocycles. The number of fused-ring (bicyclic) bond motifs is 14. The number of benzene rings is 1. The monoisotopic (exact) mass is 1300 g/mol. The zero-order valence-electron chi connectivity index (χ0n) is 48.8. The van der Waals surface area contributed by atoms with Gasteiger partial charge in [0.1, 0.15) is 77.0 Å². The highest BCUT2D eigenvalue weighted by Crippen LogP contribution is 2.42. The molecule has 0 aliphatic carbocycles. The predicted octanol–water partition coefficient (Wildman–Crippen LogP) is 9.35. The number of hydrogen-bond acceptors (Lipinski definition) is 23. The summed E-state index contributed by atoms with van der Waals surface area (Å²) in [6, 6.07) is 9.58. The number of nitrogens with zero attached hydrogens (tertiary/aromatic N) is 7. The van der Waals surface area contributed by atoms with Crippen LogP contribution in [-0.2, 0) is 25.7 Å². The molecule has 9 rings (SSSR count). The Hall–Kier alpha value is -7.35. The Labute approximate surface area is 525 Å². The smallest absolute Gasteiger partial charge is 0.309 e. The first kappa shape index (κ1) is 64.1. The van der Waals surface area contributed by atoms with Crippen molar-refractivity contribution in [1.82, 2.24) is 61.5 Å². The fourth-order valence-corrected chi connectivity index (χ4v) is 14.8. The molecule has 10 bridgehead atoms. The van der Waals surface area contributed by atoms with Crippen molar-refractivity contribution in [3.63, 3.8) is 0 Å². The Kier molecular flexibility index (Phi) is 20.2. The Bertz CT molecular complexity index is 3810. The number of rotatable bonds is 16. The topological polar surface area (TPSA) is 335 Å². The number of pyridine rings is 1. The molecular formula is C58H65N13O10S6. The lowest BCUT2D eigenvalue weighted by molar-refractivity contribution is -0.147. The average molecular weight is 1300 g/mol. The highest BCUT2D eigenvalue weighted by molar-refractivity contribution is 7.19. The number of aliphatic carboxylic acids is 1. The molecule has 0 spiro atoms. The van der Waals surface area contributed by atoms with Crippen LogP contribution in [-0.4, -0.2) is 113 Å². The SMILES string of the molecule is CNC(=O)C[C@@H]1NC(=O)c2csc(n2)-c2ccc(-c3nc(NC(O)C(C)(C)CCCC(C)(C)C(=O)O)cs3)nc2-c2cnc(s2)-c2csc(n2)[C@H]([C@@H](O)c2ccccc2)NC(=O)CNC(=O)c2nc(sc2COC)[C@H](C(C)C)NC(=O)c2nc1sc2C. The van der Waals surface area contributed by atoms with E-state index in [1.54, 1.807) is 79.5 Å². The molecule has 458 valence electrons. The van der Waals surface area contributed by atoms with Crippen molar-refractivity contribution in [2.75, 3.05) is 26.0 Å². The fourth-order valence-electron chi connectivity index (χ4n) is 9.21. The number of aliphatic hydroxyl groups is 2. The molecule has 1 aliphatic rings. The van der Waals surface area contributed by atoms with Gasteiger partial charge in [-0.2, -0.15) is 0 Å². The van der Waals surface area contributed by atoms with Crippen LogP contribution < -0.4 is 31.9 Å². The third-order valence-corrected chi connectivity index (χ3v) is 20.4. The molecule has 0 radical (unpaired) electrons. The Morgan fingerprint density at radius 1 is 0.736 bits per heavy atom. The summed E-state index contributed by atoms with van der Waals surface area (Å²) in [6.07, 6.45) is 0.680. The number of carbonyl (C=O) groups is 6. The number of aryl methyl sites for hydroxylation is 1. The predicted molar refractivity (Wildman–Crippen MR) is 336 cm³/mol. The Morgan fingerprint density at radius 3 is 2.20 bits per heavy atom. The second-order valence-corrected chi connectivity index (χ2v) is 28.2. The van der Waals surface area contributed by atoms with E-state index in [0.29, 0.717) is 98.0 Å². The summed E-state index contributed by atoms with van der Waals surface area (Å²) in [5.74, 6) is -3.60. The first-order valence-corrected chi connectivity index (χ1v) is 32.6. The largest absolute Gasteiger partial charge is 0.481 e. The number of methoxy groups -OCH3 is 1. The van der Waals surface area contributed by atoms with E-state index in [1.807, 2.05) is 33.8 Å². The van der Waals surface area contributed by atoms with Gasteiger partial charge in [0.2, 0.25) is 11.8 Å². The molecule has 29 heteroatoms. The van der Waals surface area contributed by atoms with E-state index in [-0.39, 0.29) is 36.0 Å².